The van der Waals surface area contributed by atoms with Crippen molar-refractivity contribution < 1.29 is 27.5 Å². The van der Waals surface area contributed by atoms with Crippen LogP contribution in [0.15, 0.2) is 47.4 Å². The second kappa shape index (κ2) is 10.3. The van der Waals surface area contributed by atoms with Gasteiger partial charge in [0, 0.05) is 11.6 Å². The van der Waals surface area contributed by atoms with Gasteiger partial charge in [-0.05, 0) is 56.2 Å². The van der Waals surface area contributed by atoms with Crippen LogP contribution < -0.4 is 14.8 Å². The summed E-state index contributed by atoms with van der Waals surface area (Å²) in [7, 11) is -2.57. The second-order valence-electron chi connectivity index (χ2n) is 6.55. The first-order chi connectivity index (χ1) is 14.1. The third-order valence-corrected chi connectivity index (χ3v) is 5.46. The first kappa shape index (κ1) is 23.5. The average Bonchev–Trinajstić information content (AvgIpc) is 2.67. The maximum absolute atomic E-state index is 12.3. The summed E-state index contributed by atoms with van der Waals surface area (Å²) in [5, 5.41) is 3.24. The van der Waals surface area contributed by atoms with Gasteiger partial charge >= 0.3 is 6.09 Å². The lowest BCUT2D eigenvalue weighted by molar-refractivity contribution is 0.0950. The number of hydrogen-bond acceptors (Lipinski definition) is 6. The van der Waals surface area contributed by atoms with Crippen molar-refractivity contribution in [2.75, 3.05) is 13.7 Å². The molecular formula is C20H23ClN2O6S. The van der Waals surface area contributed by atoms with Crippen molar-refractivity contribution in [3.8, 4) is 5.75 Å². The molecule has 0 heterocycles. The molecule has 0 spiro atoms. The molecule has 0 fully saturated rings. The summed E-state index contributed by atoms with van der Waals surface area (Å²) in [5.41, 5.74) is 1.17. The van der Waals surface area contributed by atoms with Crippen LogP contribution in [0.3, 0.4) is 0 Å². The maximum Gasteiger partial charge on any atom is 0.421 e. The Bertz CT molecular complexity index is 1010. The quantitative estimate of drug-likeness (QED) is 0.633. The number of halogens is 1. The molecule has 2 rings (SSSR count). The van der Waals surface area contributed by atoms with Crippen LogP contribution in [0, 0.1) is 0 Å². The Hall–Kier alpha value is -2.78. The number of sulfonamides is 1. The smallest absolute Gasteiger partial charge is 0.421 e. The average molecular weight is 455 g/mol. The molecule has 0 saturated carbocycles. The summed E-state index contributed by atoms with van der Waals surface area (Å²) in [4.78, 5) is 23.8. The van der Waals surface area contributed by atoms with E-state index in [1.54, 1.807) is 44.2 Å². The first-order valence-corrected chi connectivity index (χ1v) is 10.9. The van der Waals surface area contributed by atoms with Crippen LogP contribution in [-0.4, -0.2) is 40.2 Å². The molecule has 2 aromatic carbocycles. The molecule has 0 radical (unpaired) electrons. The van der Waals surface area contributed by atoms with Crippen LogP contribution in [0.25, 0.3) is 0 Å². The number of amides is 2. The van der Waals surface area contributed by atoms with E-state index < -0.39 is 22.2 Å². The van der Waals surface area contributed by atoms with Gasteiger partial charge < -0.3 is 14.8 Å². The number of methoxy groups -OCH3 is 1. The molecule has 0 bridgehead atoms. The Balaban J connectivity index is 1.93. The fourth-order valence-corrected chi connectivity index (χ4v) is 3.55. The third kappa shape index (κ3) is 6.64. The van der Waals surface area contributed by atoms with Crippen LogP contribution in [0.4, 0.5) is 4.79 Å². The van der Waals surface area contributed by atoms with Crippen molar-refractivity contribution >= 4 is 33.6 Å². The highest BCUT2D eigenvalue weighted by Crippen LogP contribution is 2.23. The summed E-state index contributed by atoms with van der Waals surface area (Å²) < 4.78 is 36.2. The van der Waals surface area contributed by atoms with Crippen LogP contribution in [0.2, 0.25) is 5.02 Å². The van der Waals surface area contributed by atoms with Crippen molar-refractivity contribution in [2.45, 2.75) is 31.3 Å². The highest BCUT2D eigenvalue weighted by molar-refractivity contribution is 7.90. The van der Waals surface area contributed by atoms with E-state index in [1.807, 2.05) is 4.72 Å². The molecule has 8 nitrogen and oxygen atoms in total. The van der Waals surface area contributed by atoms with Crippen molar-refractivity contribution in [2.24, 2.45) is 0 Å². The second-order valence-corrected chi connectivity index (χ2v) is 8.67. The van der Waals surface area contributed by atoms with E-state index in [4.69, 9.17) is 21.1 Å². The summed E-state index contributed by atoms with van der Waals surface area (Å²) in [6, 6.07) is 10.7. The summed E-state index contributed by atoms with van der Waals surface area (Å²) in [5.74, 6) is 0.0635. The largest absolute Gasteiger partial charge is 0.496 e. The molecular weight excluding hydrogens is 432 g/mol. The van der Waals surface area contributed by atoms with Crippen LogP contribution in [-0.2, 0) is 21.2 Å². The SMILES string of the molecule is COc1cc(Cl)ccc1C(=O)NCCc1ccc(S(=O)(=O)NC(=O)OC(C)C)cc1. The fraction of sp³-hybridized carbons (Fsp3) is 0.300. The van der Waals surface area contributed by atoms with Gasteiger partial charge in [0.15, 0.2) is 0 Å². The monoisotopic (exact) mass is 454 g/mol. The minimum absolute atomic E-state index is 0.0677. The maximum atomic E-state index is 12.3. The minimum atomic E-state index is -4.02. The van der Waals surface area contributed by atoms with E-state index in [0.717, 1.165) is 5.56 Å². The Morgan fingerprint density at radius 1 is 1.10 bits per heavy atom. The van der Waals surface area contributed by atoms with Crippen LogP contribution in [0.1, 0.15) is 29.8 Å². The van der Waals surface area contributed by atoms with Crippen molar-refractivity contribution in [1.29, 1.82) is 0 Å². The number of ether oxygens (including phenoxy) is 2. The van der Waals surface area contributed by atoms with Crippen LogP contribution in [0.5, 0.6) is 5.75 Å². The lowest BCUT2D eigenvalue weighted by atomic mass is 10.1. The number of benzene rings is 2. The van der Waals surface area contributed by atoms with Gasteiger partial charge in [0.2, 0.25) is 0 Å². The Kier molecular flexibility index (Phi) is 8.08. The fourth-order valence-electron chi connectivity index (χ4n) is 2.51. The van der Waals surface area contributed by atoms with E-state index in [1.165, 1.54) is 19.2 Å². The van der Waals surface area contributed by atoms with E-state index in [9.17, 15) is 18.0 Å². The number of nitrogens with one attached hydrogen (secondary N) is 2. The lowest BCUT2D eigenvalue weighted by Gasteiger charge is -2.11. The topological polar surface area (TPSA) is 111 Å². The molecule has 2 amide bonds. The Morgan fingerprint density at radius 3 is 2.37 bits per heavy atom. The van der Waals surface area contributed by atoms with E-state index in [-0.39, 0.29) is 10.8 Å². The minimum Gasteiger partial charge on any atom is -0.496 e. The first-order valence-electron chi connectivity index (χ1n) is 9.06. The van der Waals surface area contributed by atoms with Gasteiger partial charge in [-0.2, -0.15) is 0 Å². The predicted molar refractivity (Wildman–Crippen MR) is 112 cm³/mol. The molecule has 10 heteroatoms. The van der Waals surface area contributed by atoms with Gasteiger partial charge in [0.1, 0.15) is 5.75 Å². The van der Waals surface area contributed by atoms with Crippen molar-refractivity contribution in [1.82, 2.24) is 10.0 Å². The zero-order valence-corrected chi connectivity index (χ0v) is 18.3. The highest BCUT2D eigenvalue weighted by Gasteiger charge is 2.19. The molecule has 0 unspecified atom stereocenters. The zero-order valence-electron chi connectivity index (χ0n) is 16.8. The standard InChI is InChI=1S/C20H23ClN2O6S/c1-13(2)29-20(25)23-30(26,27)16-7-4-14(5-8-16)10-11-22-19(24)17-9-6-15(21)12-18(17)28-3/h4-9,12-13H,10-11H2,1-3H3,(H,22,24)(H,23,25). The van der Waals surface area contributed by atoms with Gasteiger partial charge in [-0.25, -0.2) is 17.9 Å². The lowest BCUT2D eigenvalue weighted by Crippen LogP contribution is -2.32. The number of carbonyl (C=O) groups is 2. The molecule has 0 aliphatic rings. The molecule has 2 aromatic rings. The number of rotatable bonds is 8. The summed E-state index contributed by atoms with van der Waals surface area (Å²) in [6.07, 6.45) is -0.995. The van der Waals surface area contributed by atoms with E-state index in [2.05, 4.69) is 5.32 Å². The molecule has 30 heavy (non-hydrogen) atoms. The molecule has 0 atom stereocenters. The van der Waals surface area contributed by atoms with E-state index >= 15 is 0 Å². The van der Waals surface area contributed by atoms with E-state index in [0.29, 0.717) is 29.3 Å². The Labute approximate surface area is 180 Å². The molecule has 0 aromatic heterocycles. The van der Waals surface area contributed by atoms with Gasteiger partial charge in [-0.3, -0.25) is 4.79 Å². The molecule has 0 aliphatic carbocycles. The molecule has 2 N–H and O–H groups in total. The van der Waals surface area contributed by atoms with Gasteiger partial charge in [-0.1, -0.05) is 23.7 Å². The molecule has 0 aliphatic heterocycles. The van der Waals surface area contributed by atoms with Gasteiger partial charge in [-0.15, -0.1) is 0 Å². The summed E-state index contributed by atoms with van der Waals surface area (Å²) >= 11 is 5.89. The number of hydrogen-bond donors (Lipinski definition) is 2. The molecule has 0 saturated heterocycles. The number of carbonyl (C=O) groups excluding carboxylic acids is 2. The third-order valence-electron chi connectivity index (χ3n) is 3.90. The molecule has 162 valence electrons. The van der Waals surface area contributed by atoms with Gasteiger partial charge in [0.25, 0.3) is 15.9 Å². The Morgan fingerprint density at radius 2 is 1.77 bits per heavy atom. The highest BCUT2D eigenvalue weighted by atomic mass is 35.5. The van der Waals surface area contributed by atoms with Crippen LogP contribution >= 0.6 is 11.6 Å². The predicted octanol–water partition coefficient (Wildman–Crippen LogP) is 3.14. The van der Waals surface area contributed by atoms with Gasteiger partial charge in [0.05, 0.1) is 23.7 Å². The summed E-state index contributed by atoms with van der Waals surface area (Å²) in [6.45, 7) is 3.56. The van der Waals surface area contributed by atoms with Crippen molar-refractivity contribution in [3.63, 3.8) is 0 Å². The van der Waals surface area contributed by atoms with Crippen molar-refractivity contribution in [3.05, 3.63) is 58.6 Å². The zero-order chi connectivity index (χ0) is 22.3. The normalized spacial score (nSPS) is 11.1.